The van der Waals surface area contributed by atoms with Crippen molar-refractivity contribution in [2.24, 2.45) is 23.7 Å². The van der Waals surface area contributed by atoms with Gasteiger partial charge in [-0.1, -0.05) is 11.6 Å². The van der Waals surface area contributed by atoms with Gasteiger partial charge in [-0.15, -0.1) is 0 Å². The summed E-state index contributed by atoms with van der Waals surface area (Å²) in [7, 11) is 0. The molecule has 1 heterocycles. The molecule has 2 amide bonds. The lowest BCUT2D eigenvalue weighted by atomic mass is 9.78. The van der Waals surface area contributed by atoms with Gasteiger partial charge in [0.05, 0.1) is 29.7 Å². The van der Waals surface area contributed by atoms with E-state index in [1.54, 1.807) is 24.3 Å². The molecule has 2 bridgehead atoms. The number of fused-ring (bicyclic) bond motifs is 5. The Labute approximate surface area is 126 Å². The molecule has 0 unspecified atom stereocenters. The lowest BCUT2D eigenvalue weighted by Crippen LogP contribution is -2.43. The molecule has 0 aromatic heterocycles. The molecule has 1 saturated heterocycles. The molecule has 2 saturated carbocycles. The molecular formula is C15H14ClNO4. The summed E-state index contributed by atoms with van der Waals surface area (Å²) in [4.78, 5) is 26.4. The van der Waals surface area contributed by atoms with Crippen LogP contribution in [0.15, 0.2) is 24.3 Å². The Morgan fingerprint density at radius 2 is 1.43 bits per heavy atom. The number of aliphatic hydroxyl groups excluding tert-OH is 2. The molecule has 5 nitrogen and oxygen atoms in total. The van der Waals surface area contributed by atoms with Gasteiger partial charge in [0.15, 0.2) is 0 Å². The van der Waals surface area contributed by atoms with Crippen molar-refractivity contribution in [3.8, 4) is 0 Å². The number of amides is 2. The number of carbonyl (C=O) groups excluding carboxylic acids is 2. The summed E-state index contributed by atoms with van der Waals surface area (Å²) >= 11 is 5.83. The minimum Gasteiger partial charge on any atom is -0.390 e. The highest BCUT2D eigenvalue weighted by atomic mass is 35.5. The van der Waals surface area contributed by atoms with Gasteiger partial charge in [-0.05, 0) is 30.7 Å². The second-order valence-corrected chi connectivity index (χ2v) is 6.52. The first-order chi connectivity index (χ1) is 10.0. The number of aliphatic hydroxyl groups is 2. The van der Waals surface area contributed by atoms with E-state index in [1.807, 2.05) is 0 Å². The summed E-state index contributed by atoms with van der Waals surface area (Å²) in [6.45, 7) is 0. The minimum absolute atomic E-state index is 0.272. The van der Waals surface area contributed by atoms with E-state index in [1.165, 1.54) is 4.90 Å². The molecule has 3 aliphatic rings. The Hall–Kier alpha value is -1.43. The number of imide groups is 1. The zero-order valence-corrected chi connectivity index (χ0v) is 11.8. The summed E-state index contributed by atoms with van der Waals surface area (Å²) in [6.07, 6.45) is -1.26. The van der Waals surface area contributed by atoms with Crippen LogP contribution in [0, 0.1) is 23.7 Å². The molecule has 0 radical (unpaired) electrons. The van der Waals surface area contributed by atoms with Gasteiger partial charge in [-0.25, -0.2) is 0 Å². The van der Waals surface area contributed by atoms with Crippen molar-refractivity contribution in [3.63, 3.8) is 0 Å². The molecule has 0 spiro atoms. The highest BCUT2D eigenvalue weighted by Crippen LogP contribution is 2.56. The second kappa shape index (κ2) is 4.29. The molecular weight excluding hydrogens is 294 g/mol. The molecule has 3 fully saturated rings. The maximum atomic E-state index is 12.6. The predicted octanol–water partition coefficient (Wildman–Crippen LogP) is 0.817. The lowest BCUT2D eigenvalue weighted by molar-refractivity contribution is -0.129. The van der Waals surface area contributed by atoms with Crippen LogP contribution < -0.4 is 4.90 Å². The Morgan fingerprint density at radius 3 is 1.90 bits per heavy atom. The Morgan fingerprint density at radius 1 is 0.952 bits per heavy atom. The fourth-order valence-corrected chi connectivity index (χ4v) is 4.40. The molecule has 6 atom stereocenters. The van der Waals surface area contributed by atoms with Gasteiger partial charge in [0.1, 0.15) is 0 Å². The van der Waals surface area contributed by atoms with Crippen molar-refractivity contribution < 1.29 is 19.8 Å². The number of benzene rings is 1. The molecule has 110 valence electrons. The molecule has 1 aromatic carbocycles. The molecule has 21 heavy (non-hydrogen) atoms. The van der Waals surface area contributed by atoms with Crippen molar-refractivity contribution in [2.75, 3.05) is 4.90 Å². The molecule has 1 aromatic rings. The Balaban J connectivity index is 1.73. The van der Waals surface area contributed by atoms with Gasteiger partial charge in [-0.2, -0.15) is 0 Å². The lowest BCUT2D eigenvalue weighted by Gasteiger charge is -2.29. The maximum absolute atomic E-state index is 12.6. The minimum atomic E-state index is -0.904. The SMILES string of the molecule is O=C1[C@@H]2[C@@H]3C[C@@H]([C@H](O)[C@H]3O)[C@H]2C(=O)N1c1ccc(Cl)cc1. The quantitative estimate of drug-likeness (QED) is 0.753. The first-order valence-corrected chi connectivity index (χ1v) is 7.38. The van der Waals surface area contributed by atoms with Crippen LogP contribution in [0.4, 0.5) is 5.69 Å². The van der Waals surface area contributed by atoms with Crippen molar-refractivity contribution in [1.29, 1.82) is 0 Å². The third kappa shape index (κ3) is 1.59. The van der Waals surface area contributed by atoms with Crippen LogP contribution in [0.3, 0.4) is 0 Å². The van der Waals surface area contributed by atoms with Crippen molar-refractivity contribution in [1.82, 2.24) is 0 Å². The molecule has 4 rings (SSSR count). The van der Waals surface area contributed by atoms with Crippen molar-refractivity contribution in [3.05, 3.63) is 29.3 Å². The Bertz CT molecular complexity index is 599. The zero-order valence-electron chi connectivity index (χ0n) is 11.0. The summed E-state index contributed by atoms with van der Waals surface area (Å²) in [5.41, 5.74) is 0.493. The normalized spacial score (nSPS) is 41.0. The highest BCUT2D eigenvalue weighted by Gasteiger charge is 2.67. The van der Waals surface area contributed by atoms with E-state index < -0.39 is 24.0 Å². The van der Waals surface area contributed by atoms with Crippen LogP contribution in [0.25, 0.3) is 0 Å². The van der Waals surface area contributed by atoms with Gasteiger partial charge in [0.25, 0.3) is 0 Å². The number of anilines is 1. The van der Waals surface area contributed by atoms with E-state index >= 15 is 0 Å². The number of halogens is 1. The fourth-order valence-electron chi connectivity index (χ4n) is 4.28. The smallest absolute Gasteiger partial charge is 0.238 e. The number of nitrogens with zero attached hydrogens (tertiary/aromatic N) is 1. The predicted molar refractivity (Wildman–Crippen MR) is 74.5 cm³/mol. The number of hydrogen-bond acceptors (Lipinski definition) is 4. The van der Waals surface area contributed by atoms with E-state index in [4.69, 9.17) is 11.6 Å². The molecule has 6 heteroatoms. The number of rotatable bonds is 1. The molecule has 2 N–H and O–H groups in total. The van der Waals surface area contributed by atoms with Crippen molar-refractivity contribution in [2.45, 2.75) is 18.6 Å². The largest absolute Gasteiger partial charge is 0.390 e. The van der Waals surface area contributed by atoms with Gasteiger partial charge < -0.3 is 10.2 Å². The molecule has 2 aliphatic carbocycles. The average Bonchev–Trinajstić information content (AvgIpc) is 3.06. The second-order valence-electron chi connectivity index (χ2n) is 6.08. The van der Waals surface area contributed by atoms with Gasteiger partial charge in [-0.3, -0.25) is 14.5 Å². The monoisotopic (exact) mass is 307 g/mol. The zero-order chi connectivity index (χ0) is 14.9. The van der Waals surface area contributed by atoms with Crippen LogP contribution in [0.2, 0.25) is 5.02 Å². The highest BCUT2D eigenvalue weighted by molar-refractivity contribution is 6.30. The summed E-state index contributed by atoms with van der Waals surface area (Å²) in [5.74, 6) is -2.18. The third-order valence-electron chi connectivity index (χ3n) is 5.18. The van der Waals surface area contributed by atoms with E-state index in [9.17, 15) is 19.8 Å². The fraction of sp³-hybridized carbons (Fsp3) is 0.467. The van der Waals surface area contributed by atoms with Gasteiger partial charge in [0, 0.05) is 16.9 Å². The Kier molecular flexibility index (Phi) is 2.70. The number of hydrogen-bond donors (Lipinski definition) is 2. The van der Waals surface area contributed by atoms with Crippen LogP contribution in [-0.2, 0) is 9.59 Å². The summed E-state index contributed by atoms with van der Waals surface area (Å²) in [5, 5.41) is 20.5. The van der Waals surface area contributed by atoms with Crippen LogP contribution in [0.1, 0.15) is 6.42 Å². The van der Waals surface area contributed by atoms with Crippen LogP contribution in [0.5, 0.6) is 0 Å². The average molecular weight is 308 g/mol. The molecule has 1 aliphatic heterocycles. The van der Waals surface area contributed by atoms with E-state index in [0.29, 0.717) is 17.1 Å². The maximum Gasteiger partial charge on any atom is 0.238 e. The third-order valence-corrected chi connectivity index (χ3v) is 5.43. The van der Waals surface area contributed by atoms with Gasteiger partial charge >= 0.3 is 0 Å². The number of carbonyl (C=O) groups is 2. The van der Waals surface area contributed by atoms with Gasteiger partial charge in [0.2, 0.25) is 11.8 Å². The summed E-state index contributed by atoms with van der Waals surface area (Å²) in [6, 6.07) is 6.52. The van der Waals surface area contributed by atoms with E-state index in [0.717, 1.165) is 0 Å². The van der Waals surface area contributed by atoms with E-state index in [-0.39, 0.29) is 23.7 Å². The van der Waals surface area contributed by atoms with Crippen LogP contribution in [-0.4, -0.2) is 34.2 Å². The standard InChI is InChI=1S/C15H14ClNO4/c16-6-1-3-7(4-2-6)17-14(20)10-8-5-9(11(10)15(17)21)13(19)12(8)18/h1-4,8-13,18-19H,5H2/t8-,9+,10-,11-,12+,13+/m1/s1. The summed E-state index contributed by atoms with van der Waals surface area (Å²) < 4.78 is 0. The first kappa shape index (κ1) is 13.2. The first-order valence-electron chi connectivity index (χ1n) is 7.00. The van der Waals surface area contributed by atoms with Crippen LogP contribution >= 0.6 is 11.6 Å². The van der Waals surface area contributed by atoms with Crippen molar-refractivity contribution >= 4 is 29.1 Å². The topological polar surface area (TPSA) is 77.8 Å². The van der Waals surface area contributed by atoms with E-state index in [2.05, 4.69) is 0 Å².